The molecule has 0 aliphatic heterocycles. The third kappa shape index (κ3) is 7.63. The Balaban J connectivity index is 1.79. The summed E-state index contributed by atoms with van der Waals surface area (Å²) in [6.07, 6.45) is 6.07. The normalized spacial score (nSPS) is 10.7. The van der Waals surface area contributed by atoms with E-state index in [4.69, 9.17) is 4.74 Å². The molecule has 0 fully saturated rings. The van der Waals surface area contributed by atoms with E-state index in [9.17, 15) is 4.79 Å². The molecule has 0 saturated carbocycles. The highest BCUT2D eigenvalue weighted by Gasteiger charge is 2.08. The minimum absolute atomic E-state index is 0.0738. The number of rotatable bonds is 12. The van der Waals surface area contributed by atoms with Gasteiger partial charge in [-0.2, -0.15) is 0 Å². The lowest BCUT2D eigenvalue weighted by Gasteiger charge is -2.14. The van der Waals surface area contributed by atoms with E-state index in [1.165, 1.54) is 31.2 Å². The quantitative estimate of drug-likeness (QED) is 0.429. The number of carbonyl (C=O) groups excluding carboxylic acids is 1. The summed E-state index contributed by atoms with van der Waals surface area (Å²) in [6.45, 7) is 7.46. The first-order valence-corrected chi connectivity index (χ1v) is 10.5. The number of amides is 1. The van der Waals surface area contributed by atoms with Crippen LogP contribution in [0.25, 0.3) is 0 Å². The van der Waals surface area contributed by atoms with Crippen molar-refractivity contribution in [1.82, 2.24) is 0 Å². The van der Waals surface area contributed by atoms with Gasteiger partial charge in [0.1, 0.15) is 5.75 Å². The topological polar surface area (TPSA) is 50.4 Å². The summed E-state index contributed by atoms with van der Waals surface area (Å²) in [6, 6.07) is 15.7. The molecule has 0 radical (unpaired) electrons. The molecular weight excluding hydrogens is 348 g/mol. The van der Waals surface area contributed by atoms with Gasteiger partial charge in [-0.1, -0.05) is 70.7 Å². The number of nitrogens with one attached hydrogen (secondary N) is 2. The van der Waals surface area contributed by atoms with Crippen LogP contribution in [0.1, 0.15) is 64.4 Å². The average molecular weight is 383 g/mol. The molecule has 4 heteroatoms. The van der Waals surface area contributed by atoms with Gasteiger partial charge in [0.25, 0.3) is 0 Å². The number of carbonyl (C=O) groups is 1. The van der Waals surface area contributed by atoms with Gasteiger partial charge in [-0.15, -0.1) is 0 Å². The first kappa shape index (κ1) is 21.8. The fourth-order valence-electron chi connectivity index (χ4n) is 3.10. The van der Waals surface area contributed by atoms with Crippen LogP contribution in [-0.4, -0.2) is 19.1 Å². The zero-order chi connectivity index (χ0) is 20.2. The lowest BCUT2D eigenvalue weighted by molar-refractivity contribution is -0.114. The highest BCUT2D eigenvalue weighted by atomic mass is 16.5. The van der Waals surface area contributed by atoms with E-state index in [0.717, 1.165) is 23.5 Å². The van der Waals surface area contributed by atoms with Crippen LogP contribution in [0, 0.1) is 0 Å². The first-order valence-electron chi connectivity index (χ1n) is 10.5. The molecule has 2 rings (SSSR count). The standard InChI is InChI=1S/C24H34N2O2/c1-4-5-6-7-10-16-28-21-13-11-12-20(17-21)26-24(27)18-25-23-15-9-8-14-22(23)19(2)3/h8-9,11-15,17,19,25H,4-7,10,16,18H2,1-3H3,(H,26,27). The highest BCUT2D eigenvalue weighted by molar-refractivity contribution is 5.94. The Bertz CT molecular complexity index is 728. The summed E-state index contributed by atoms with van der Waals surface area (Å²) in [5, 5.41) is 6.18. The Kier molecular flexibility index (Phi) is 9.40. The third-order valence-corrected chi connectivity index (χ3v) is 4.66. The molecule has 4 nitrogen and oxygen atoms in total. The van der Waals surface area contributed by atoms with Gasteiger partial charge in [0.2, 0.25) is 5.91 Å². The fraction of sp³-hybridized carbons (Fsp3) is 0.458. The predicted molar refractivity (Wildman–Crippen MR) is 118 cm³/mol. The van der Waals surface area contributed by atoms with Crippen LogP contribution in [0.5, 0.6) is 5.75 Å². The van der Waals surface area contributed by atoms with Gasteiger partial charge in [-0.3, -0.25) is 4.79 Å². The molecule has 152 valence electrons. The van der Waals surface area contributed by atoms with Crippen LogP contribution in [0.3, 0.4) is 0 Å². The Labute approximate surface area is 169 Å². The maximum absolute atomic E-state index is 12.3. The van der Waals surface area contributed by atoms with Crippen LogP contribution in [0.15, 0.2) is 48.5 Å². The summed E-state index contributed by atoms with van der Waals surface area (Å²) in [5.74, 6) is 1.13. The van der Waals surface area contributed by atoms with Crippen molar-refractivity contribution in [1.29, 1.82) is 0 Å². The Hall–Kier alpha value is -2.49. The number of hydrogen-bond acceptors (Lipinski definition) is 3. The Morgan fingerprint density at radius 3 is 2.57 bits per heavy atom. The molecule has 0 aliphatic carbocycles. The van der Waals surface area contributed by atoms with Gasteiger partial charge >= 0.3 is 0 Å². The second-order valence-electron chi connectivity index (χ2n) is 7.43. The molecule has 2 aromatic rings. The van der Waals surface area contributed by atoms with Gasteiger partial charge in [0.15, 0.2) is 0 Å². The Morgan fingerprint density at radius 1 is 1.00 bits per heavy atom. The lowest BCUT2D eigenvalue weighted by atomic mass is 10.0. The SMILES string of the molecule is CCCCCCCOc1cccc(NC(=O)CNc2ccccc2C(C)C)c1. The molecule has 1 amide bonds. The van der Waals surface area contributed by atoms with Crippen LogP contribution >= 0.6 is 0 Å². The van der Waals surface area contributed by atoms with Crippen molar-refractivity contribution < 1.29 is 9.53 Å². The van der Waals surface area contributed by atoms with Gasteiger partial charge in [0, 0.05) is 17.4 Å². The van der Waals surface area contributed by atoms with E-state index >= 15 is 0 Å². The molecule has 0 atom stereocenters. The zero-order valence-corrected chi connectivity index (χ0v) is 17.5. The molecule has 0 saturated heterocycles. The minimum Gasteiger partial charge on any atom is -0.494 e. The molecule has 2 aromatic carbocycles. The van der Waals surface area contributed by atoms with Crippen LogP contribution in [0.4, 0.5) is 11.4 Å². The molecular formula is C24H34N2O2. The largest absolute Gasteiger partial charge is 0.494 e. The fourth-order valence-corrected chi connectivity index (χ4v) is 3.10. The summed E-state index contributed by atoms with van der Waals surface area (Å²) < 4.78 is 5.81. The number of hydrogen-bond donors (Lipinski definition) is 2. The van der Waals surface area contributed by atoms with E-state index in [2.05, 4.69) is 37.5 Å². The van der Waals surface area contributed by atoms with Gasteiger partial charge < -0.3 is 15.4 Å². The number of unbranched alkanes of at least 4 members (excludes halogenated alkanes) is 4. The lowest BCUT2D eigenvalue weighted by Crippen LogP contribution is -2.22. The minimum atomic E-state index is -0.0738. The van der Waals surface area contributed by atoms with Crippen molar-refractivity contribution in [2.24, 2.45) is 0 Å². The van der Waals surface area contributed by atoms with Crippen molar-refractivity contribution in [3.8, 4) is 5.75 Å². The highest BCUT2D eigenvalue weighted by Crippen LogP contribution is 2.23. The number of benzene rings is 2. The second kappa shape index (κ2) is 12.1. The molecule has 0 heterocycles. The first-order chi connectivity index (χ1) is 13.6. The average Bonchev–Trinajstić information content (AvgIpc) is 2.69. The third-order valence-electron chi connectivity index (χ3n) is 4.66. The van der Waals surface area contributed by atoms with Gasteiger partial charge in [-0.05, 0) is 36.1 Å². The van der Waals surface area contributed by atoms with E-state index in [1.807, 2.05) is 42.5 Å². The number of para-hydroxylation sites is 1. The number of anilines is 2. The number of ether oxygens (including phenoxy) is 1. The van der Waals surface area contributed by atoms with Crippen molar-refractivity contribution >= 4 is 17.3 Å². The van der Waals surface area contributed by atoms with E-state index in [0.29, 0.717) is 12.5 Å². The van der Waals surface area contributed by atoms with Crippen molar-refractivity contribution in [3.05, 3.63) is 54.1 Å². The summed E-state index contributed by atoms with van der Waals surface area (Å²) in [5.41, 5.74) is 2.98. The van der Waals surface area contributed by atoms with Crippen molar-refractivity contribution in [3.63, 3.8) is 0 Å². The van der Waals surface area contributed by atoms with Crippen molar-refractivity contribution in [2.75, 3.05) is 23.8 Å². The molecule has 2 N–H and O–H groups in total. The molecule has 0 bridgehead atoms. The summed E-state index contributed by atoms with van der Waals surface area (Å²) in [4.78, 5) is 12.3. The van der Waals surface area contributed by atoms with E-state index < -0.39 is 0 Å². The predicted octanol–water partition coefficient (Wildman–Crippen LogP) is 6.21. The van der Waals surface area contributed by atoms with Crippen LogP contribution in [-0.2, 0) is 4.79 Å². The molecule has 0 aromatic heterocycles. The summed E-state index contributed by atoms with van der Waals surface area (Å²) in [7, 11) is 0. The van der Waals surface area contributed by atoms with Gasteiger partial charge in [0.05, 0.1) is 13.2 Å². The van der Waals surface area contributed by atoms with Crippen molar-refractivity contribution in [2.45, 2.75) is 58.8 Å². The Morgan fingerprint density at radius 2 is 1.79 bits per heavy atom. The molecule has 28 heavy (non-hydrogen) atoms. The van der Waals surface area contributed by atoms with Gasteiger partial charge in [-0.25, -0.2) is 0 Å². The van der Waals surface area contributed by atoms with E-state index in [1.54, 1.807) is 0 Å². The maximum atomic E-state index is 12.3. The summed E-state index contributed by atoms with van der Waals surface area (Å²) >= 11 is 0. The molecule has 0 spiro atoms. The molecule has 0 unspecified atom stereocenters. The van der Waals surface area contributed by atoms with Crippen LogP contribution in [0.2, 0.25) is 0 Å². The van der Waals surface area contributed by atoms with Crippen LogP contribution < -0.4 is 15.4 Å². The smallest absolute Gasteiger partial charge is 0.243 e. The maximum Gasteiger partial charge on any atom is 0.243 e. The second-order valence-corrected chi connectivity index (χ2v) is 7.43. The monoisotopic (exact) mass is 382 g/mol. The van der Waals surface area contributed by atoms with E-state index in [-0.39, 0.29) is 12.5 Å². The zero-order valence-electron chi connectivity index (χ0n) is 17.5. The molecule has 0 aliphatic rings.